The largest absolute Gasteiger partial charge is 0.378 e. The highest BCUT2D eigenvalue weighted by molar-refractivity contribution is 7.09. The molecule has 0 aromatic carbocycles. The maximum atomic E-state index is 8.39. The lowest BCUT2D eigenvalue weighted by Gasteiger charge is -2.02. The monoisotopic (exact) mass is 230 g/mol. The van der Waals surface area contributed by atoms with Gasteiger partial charge >= 0.3 is 0 Å². The van der Waals surface area contributed by atoms with E-state index in [9.17, 15) is 0 Å². The molecule has 0 N–H and O–H groups in total. The SMILES string of the molecule is Cc1ncsc1CCOCC(Cl)C#N. The lowest BCUT2D eigenvalue weighted by atomic mass is 10.3. The summed E-state index contributed by atoms with van der Waals surface area (Å²) >= 11 is 7.19. The molecular weight excluding hydrogens is 220 g/mol. The molecule has 1 atom stereocenters. The standard InChI is InChI=1S/C9H11ClN2OS/c1-7-9(14-6-12-7)2-3-13-5-8(10)4-11/h6,8H,2-3,5H2,1H3. The molecule has 1 aromatic rings. The van der Waals surface area contributed by atoms with Crippen molar-refractivity contribution in [2.75, 3.05) is 13.2 Å². The predicted octanol–water partition coefficient (Wildman–Crippen LogP) is 2.14. The van der Waals surface area contributed by atoms with Crippen molar-refractivity contribution in [1.82, 2.24) is 4.98 Å². The number of thiazole rings is 1. The molecule has 0 aliphatic rings. The second-order valence-corrected chi connectivity index (χ2v) is 4.25. The van der Waals surface area contributed by atoms with Crippen molar-refractivity contribution < 1.29 is 4.74 Å². The first-order valence-corrected chi connectivity index (χ1v) is 5.56. The fourth-order valence-corrected chi connectivity index (χ4v) is 1.81. The van der Waals surface area contributed by atoms with Crippen molar-refractivity contribution in [1.29, 1.82) is 5.26 Å². The van der Waals surface area contributed by atoms with E-state index in [1.165, 1.54) is 4.88 Å². The Hall–Kier alpha value is -0.630. The Morgan fingerprint density at radius 3 is 3.14 bits per heavy atom. The Kier molecular flexibility index (Phi) is 4.88. The van der Waals surface area contributed by atoms with Gasteiger partial charge in [0.25, 0.3) is 0 Å². The number of aryl methyl sites for hydroxylation is 1. The number of rotatable bonds is 5. The summed E-state index contributed by atoms with van der Waals surface area (Å²) in [5.74, 6) is 0. The number of hydrogen-bond acceptors (Lipinski definition) is 4. The average Bonchev–Trinajstić information content (AvgIpc) is 2.58. The quantitative estimate of drug-likeness (QED) is 0.575. The van der Waals surface area contributed by atoms with Gasteiger partial charge in [-0.15, -0.1) is 22.9 Å². The molecule has 76 valence electrons. The lowest BCUT2D eigenvalue weighted by molar-refractivity contribution is 0.145. The highest BCUT2D eigenvalue weighted by Gasteiger charge is 2.03. The predicted molar refractivity (Wildman–Crippen MR) is 56.6 cm³/mol. The first-order chi connectivity index (χ1) is 6.74. The second-order valence-electron chi connectivity index (χ2n) is 2.78. The van der Waals surface area contributed by atoms with Crippen LogP contribution in [-0.2, 0) is 11.2 Å². The van der Waals surface area contributed by atoms with Crippen LogP contribution in [0.3, 0.4) is 0 Å². The van der Waals surface area contributed by atoms with Crippen LogP contribution in [0.5, 0.6) is 0 Å². The molecule has 1 aromatic heterocycles. The van der Waals surface area contributed by atoms with Gasteiger partial charge in [0.15, 0.2) is 0 Å². The first-order valence-electron chi connectivity index (χ1n) is 4.24. The molecule has 1 heterocycles. The van der Waals surface area contributed by atoms with Crippen molar-refractivity contribution in [3.63, 3.8) is 0 Å². The minimum atomic E-state index is -0.544. The normalized spacial score (nSPS) is 12.4. The van der Waals surface area contributed by atoms with Gasteiger partial charge < -0.3 is 4.74 Å². The number of nitrogens with zero attached hydrogens (tertiary/aromatic N) is 2. The number of hydrogen-bond donors (Lipinski definition) is 0. The van der Waals surface area contributed by atoms with E-state index in [2.05, 4.69) is 4.98 Å². The summed E-state index contributed by atoms with van der Waals surface area (Å²) in [6, 6.07) is 1.90. The van der Waals surface area contributed by atoms with Crippen molar-refractivity contribution >= 4 is 22.9 Å². The van der Waals surface area contributed by atoms with Gasteiger partial charge in [0.05, 0.1) is 30.5 Å². The molecule has 0 spiro atoms. The van der Waals surface area contributed by atoms with Crippen LogP contribution in [0.25, 0.3) is 0 Å². The van der Waals surface area contributed by atoms with E-state index in [0.717, 1.165) is 12.1 Å². The van der Waals surface area contributed by atoms with Gasteiger partial charge in [-0.1, -0.05) is 0 Å². The molecule has 0 fully saturated rings. The number of nitriles is 1. The van der Waals surface area contributed by atoms with Crippen molar-refractivity contribution in [3.05, 3.63) is 16.1 Å². The molecule has 14 heavy (non-hydrogen) atoms. The maximum absolute atomic E-state index is 8.39. The molecule has 5 heteroatoms. The third-order valence-electron chi connectivity index (χ3n) is 1.72. The van der Waals surface area contributed by atoms with Crippen LogP contribution < -0.4 is 0 Å². The van der Waals surface area contributed by atoms with Crippen LogP contribution in [0, 0.1) is 18.3 Å². The number of alkyl halides is 1. The topological polar surface area (TPSA) is 45.9 Å². The van der Waals surface area contributed by atoms with E-state index >= 15 is 0 Å². The summed E-state index contributed by atoms with van der Waals surface area (Å²) in [4.78, 5) is 5.36. The van der Waals surface area contributed by atoms with Gasteiger partial charge in [-0.2, -0.15) is 5.26 Å². The molecule has 1 unspecified atom stereocenters. The molecule has 0 saturated heterocycles. The summed E-state index contributed by atoms with van der Waals surface area (Å²) in [5, 5.41) is 7.85. The van der Waals surface area contributed by atoms with Gasteiger partial charge in [0.2, 0.25) is 0 Å². The Balaban J connectivity index is 2.17. The van der Waals surface area contributed by atoms with E-state index in [4.69, 9.17) is 21.6 Å². The third kappa shape index (κ3) is 3.62. The van der Waals surface area contributed by atoms with E-state index < -0.39 is 5.38 Å². The van der Waals surface area contributed by atoms with Crippen molar-refractivity contribution in [2.24, 2.45) is 0 Å². The Morgan fingerprint density at radius 1 is 1.79 bits per heavy atom. The fraction of sp³-hybridized carbons (Fsp3) is 0.556. The smallest absolute Gasteiger partial charge is 0.143 e. The molecule has 3 nitrogen and oxygen atoms in total. The van der Waals surface area contributed by atoms with E-state index in [0.29, 0.717) is 6.61 Å². The van der Waals surface area contributed by atoms with Gasteiger partial charge in [-0.25, -0.2) is 4.98 Å². The zero-order chi connectivity index (χ0) is 10.4. The summed E-state index contributed by atoms with van der Waals surface area (Å²) < 4.78 is 5.24. The van der Waals surface area contributed by atoms with Crippen LogP contribution in [0.1, 0.15) is 10.6 Å². The Morgan fingerprint density at radius 2 is 2.57 bits per heavy atom. The second kappa shape index (κ2) is 5.97. The summed E-state index contributed by atoms with van der Waals surface area (Å²) in [6.07, 6.45) is 0.839. The number of aromatic nitrogens is 1. The Labute approximate surface area is 92.3 Å². The van der Waals surface area contributed by atoms with E-state index in [1.54, 1.807) is 11.3 Å². The van der Waals surface area contributed by atoms with Crippen LogP contribution in [0.4, 0.5) is 0 Å². The highest BCUT2D eigenvalue weighted by Crippen LogP contribution is 2.12. The van der Waals surface area contributed by atoms with Gasteiger partial charge in [-0.3, -0.25) is 0 Å². The zero-order valence-electron chi connectivity index (χ0n) is 7.86. The van der Waals surface area contributed by atoms with Gasteiger partial charge in [0, 0.05) is 11.3 Å². The molecule has 1 rings (SSSR count). The molecular formula is C9H11ClN2OS. The average molecular weight is 231 g/mol. The highest BCUT2D eigenvalue weighted by atomic mass is 35.5. The van der Waals surface area contributed by atoms with Crippen LogP contribution in [-0.4, -0.2) is 23.6 Å². The maximum Gasteiger partial charge on any atom is 0.143 e. The minimum Gasteiger partial charge on any atom is -0.378 e. The zero-order valence-corrected chi connectivity index (χ0v) is 9.44. The molecule has 0 radical (unpaired) electrons. The number of ether oxygens (including phenoxy) is 1. The molecule has 0 amide bonds. The lowest BCUT2D eigenvalue weighted by Crippen LogP contribution is -2.08. The Bertz CT molecular complexity index is 321. The van der Waals surface area contributed by atoms with Crippen LogP contribution in [0.15, 0.2) is 5.51 Å². The number of halogens is 1. The summed E-state index contributed by atoms with van der Waals surface area (Å²) in [7, 11) is 0. The summed E-state index contributed by atoms with van der Waals surface area (Å²) in [6.45, 7) is 2.86. The van der Waals surface area contributed by atoms with Crippen LogP contribution >= 0.6 is 22.9 Å². The molecule has 0 aliphatic carbocycles. The summed E-state index contributed by atoms with van der Waals surface area (Å²) in [5.41, 5.74) is 2.88. The van der Waals surface area contributed by atoms with Gasteiger partial charge in [0.1, 0.15) is 5.38 Å². The molecule has 0 bridgehead atoms. The first kappa shape index (κ1) is 11.4. The van der Waals surface area contributed by atoms with Crippen LogP contribution in [0.2, 0.25) is 0 Å². The van der Waals surface area contributed by atoms with Gasteiger partial charge in [-0.05, 0) is 6.92 Å². The van der Waals surface area contributed by atoms with Crippen molar-refractivity contribution in [3.8, 4) is 6.07 Å². The molecule has 0 saturated carbocycles. The molecule has 0 aliphatic heterocycles. The minimum absolute atomic E-state index is 0.288. The van der Waals surface area contributed by atoms with Crippen molar-refractivity contribution in [2.45, 2.75) is 18.7 Å². The van der Waals surface area contributed by atoms with E-state index in [-0.39, 0.29) is 6.61 Å². The third-order valence-corrected chi connectivity index (χ3v) is 2.94. The van der Waals surface area contributed by atoms with E-state index in [1.807, 2.05) is 18.5 Å². The fourth-order valence-electron chi connectivity index (χ4n) is 0.955.